The van der Waals surface area contributed by atoms with Gasteiger partial charge in [-0.05, 0) is 48.9 Å². The fraction of sp³-hybridized carbons (Fsp3) is 0.0476. The van der Waals surface area contributed by atoms with Crippen LogP contribution in [-0.4, -0.2) is 24.2 Å². The van der Waals surface area contributed by atoms with Gasteiger partial charge in [-0.25, -0.2) is 13.6 Å². The SMILES string of the molecule is Cc1cc(-c2c[nH]c3cc(C(=O)c4ccc(Cl)c(S(N)(=O)=O)c4)ccc23)ccn1. The molecule has 0 bridgehead atoms. The summed E-state index contributed by atoms with van der Waals surface area (Å²) in [5, 5.41) is 6.11. The van der Waals surface area contributed by atoms with Crippen LogP contribution in [0.5, 0.6) is 0 Å². The van der Waals surface area contributed by atoms with E-state index in [1.54, 1.807) is 18.3 Å². The van der Waals surface area contributed by atoms with Crippen LogP contribution in [0.1, 0.15) is 21.6 Å². The lowest BCUT2D eigenvalue weighted by Gasteiger charge is -2.06. The summed E-state index contributed by atoms with van der Waals surface area (Å²) in [4.78, 5) is 20.0. The number of fused-ring (bicyclic) bond motifs is 1. The van der Waals surface area contributed by atoms with E-state index in [1.165, 1.54) is 18.2 Å². The molecular formula is C21H16ClN3O3S. The lowest BCUT2D eigenvalue weighted by molar-refractivity contribution is 0.103. The van der Waals surface area contributed by atoms with E-state index < -0.39 is 10.0 Å². The Morgan fingerprint density at radius 2 is 1.79 bits per heavy atom. The highest BCUT2D eigenvalue weighted by atomic mass is 35.5. The minimum Gasteiger partial charge on any atom is -0.361 e. The lowest BCUT2D eigenvalue weighted by Crippen LogP contribution is -2.14. The van der Waals surface area contributed by atoms with Crippen LogP contribution in [0.25, 0.3) is 22.0 Å². The van der Waals surface area contributed by atoms with Gasteiger partial charge in [0, 0.05) is 45.7 Å². The van der Waals surface area contributed by atoms with Gasteiger partial charge in [-0.3, -0.25) is 9.78 Å². The van der Waals surface area contributed by atoms with Crippen molar-refractivity contribution in [2.75, 3.05) is 0 Å². The van der Waals surface area contributed by atoms with Crippen molar-refractivity contribution in [1.82, 2.24) is 9.97 Å². The number of hydrogen-bond donors (Lipinski definition) is 2. The molecule has 2 aromatic carbocycles. The normalized spacial score (nSPS) is 11.7. The van der Waals surface area contributed by atoms with Crippen molar-refractivity contribution in [3.05, 3.63) is 82.8 Å². The highest BCUT2D eigenvalue weighted by Crippen LogP contribution is 2.30. The minimum atomic E-state index is -4.03. The van der Waals surface area contributed by atoms with Crippen molar-refractivity contribution in [2.45, 2.75) is 11.8 Å². The summed E-state index contributed by atoms with van der Waals surface area (Å²) in [6.07, 6.45) is 3.64. The van der Waals surface area contributed by atoms with Gasteiger partial charge in [0.25, 0.3) is 0 Å². The Hall–Kier alpha value is -3.00. The number of sulfonamides is 1. The Labute approximate surface area is 172 Å². The summed E-state index contributed by atoms with van der Waals surface area (Å²) in [7, 11) is -4.03. The number of carbonyl (C=O) groups excluding carboxylic acids is 1. The third kappa shape index (κ3) is 3.67. The summed E-state index contributed by atoms with van der Waals surface area (Å²) >= 11 is 5.90. The molecule has 8 heteroatoms. The number of rotatable bonds is 4. The van der Waals surface area contributed by atoms with Gasteiger partial charge in [0.05, 0.1) is 5.02 Å². The van der Waals surface area contributed by atoms with E-state index in [2.05, 4.69) is 9.97 Å². The first-order valence-electron chi connectivity index (χ1n) is 8.65. The monoisotopic (exact) mass is 425 g/mol. The predicted octanol–water partition coefficient (Wildman–Crippen LogP) is 4.07. The van der Waals surface area contributed by atoms with E-state index in [-0.39, 0.29) is 21.3 Å². The average molecular weight is 426 g/mol. The summed E-state index contributed by atoms with van der Waals surface area (Å²) in [5.41, 5.74) is 4.35. The van der Waals surface area contributed by atoms with Gasteiger partial charge >= 0.3 is 0 Å². The number of aromatic nitrogens is 2. The van der Waals surface area contributed by atoms with Crippen LogP contribution < -0.4 is 5.14 Å². The van der Waals surface area contributed by atoms with Gasteiger partial charge < -0.3 is 4.98 Å². The fourth-order valence-electron chi connectivity index (χ4n) is 3.25. The van der Waals surface area contributed by atoms with Gasteiger partial charge in [-0.2, -0.15) is 0 Å². The molecule has 6 nitrogen and oxygen atoms in total. The number of primary sulfonamides is 1. The lowest BCUT2D eigenvalue weighted by atomic mass is 10.00. The van der Waals surface area contributed by atoms with Crippen LogP contribution >= 0.6 is 11.6 Å². The van der Waals surface area contributed by atoms with E-state index in [0.717, 1.165) is 27.7 Å². The maximum atomic E-state index is 12.9. The Kier molecular flexibility index (Phi) is 4.74. The van der Waals surface area contributed by atoms with Gasteiger partial charge in [0.1, 0.15) is 4.90 Å². The number of carbonyl (C=O) groups is 1. The number of aryl methyl sites for hydroxylation is 1. The number of nitrogens with zero attached hydrogens (tertiary/aromatic N) is 1. The molecule has 2 aromatic heterocycles. The zero-order valence-electron chi connectivity index (χ0n) is 15.3. The molecule has 146 valence electrons. The van der Waals surface area contributed by atoms with E-state index in [1.807, 2.05) is 31.3 Å². The molecule has 29 heavy (non-hydrogen) atoms. The van der Waals surface area contributed by atoms with Gasteiger partial charge in [-0.15, -0.1) is 0 Å². The van der Waals surface area contributed by atoms with Crippen molar-refractivity contribution in [3.8, 4) is 11.1 Å². The van der Waals surface area contributed by atoms with Crippen molar-refractivity contribution in [1.29, 1.82) is 0 Å². The molecular weight excluding hydrogens is 410 g/mol. The molecule has 0 saturated heterocycles. The Bertz CT molecular complexity index is 1380. The molecule has 4 aromatic rings. The zero-order chi connectivity index (χ0) is 20.8. The number of halogens is 1. The van der Waals surface area contributed by atoms with E-state index >= 15 is 0 Å². The highest BCUT2D eigenvalue weighted by Gasteiger charge is 2.18. The molecule has 0 radical (unpaired) electrons. The molecule has 2 heterocycles. The van der Waals surface area contributed by atoms with Crippen molar-refractivity contribution < 1.29 is 13.2 Å². The second-order valence-corrected chi connectivity index (χ2v) is 8.60. The van der Waals surface area contributed by atoms with Crippen LogP contribution in [0.4, 0.5) is 0 Å². The van der Waals surface area contributed by atoms with Crippen LogP contribution in [0, 0.1) is 6.92 Å². The second kappa shape index (κ2) is 7.11. The largest absolute Gasteiger partial charge is 0.361 e. The van der Waals surface area contributed by atoms with Crippen molar-refractivity contribution in [2.24, 2.45) is 5.14 Å². The Balaban J connectivity index is 1.75. The number of ketones is 1. The first-order valence-corrected chi connectivity index (χ1v) is 10.6. The summed E-state index contributed by atoms with van der Waals surface area (Å²) < 4.78 is 23.3. The first-order chi connectivity index (χ1) is 13.7. The van der Waals surface area contributed by atoms with Crippen LogP contribution in [0.2, 0.25) is 5.02 Å². The molecule has 0 amide bonds. The number of benzene rings is 2. The summed E-state index contributed by atoms with van der Waals surface area (Å²) in [6, 6.07) is 13.3. The molecule has 4 rings (SSSR count). The molecule has 0 unspecified atom stereocenters. The Morgan fingerprint density at radius 1 is 1.07 bits per heavy atom. The standard InChI is InChI=1S/C21H16ClN3O3S/c1-12-8-13(6-7-24-12)17-11-25-19-9-14(2-4-16(17)19)21(26)15-3-5-18(22)20(10-15)29(23,27)28/h2-11,25H,1H3,(H2,23,27,28). The summed E-state index contributed by atoms with van der Waals surface area (Å²) in [6.45, 7) is 1.93. The van der Waals surface area contributed by atoms with Crippen LogP contribution in [-0.2, 0) is 10.0 Å². The maximum absolute atomic E-state index is 12.9. The molecule has 0 aliphatic rings. The summed E-state index contributed by atoms with van der Waals surface area (Å²) in [5.74, 6) is -0.329. The minimum absolute atomic E-state index is 0.0267. The maximum Gasteiger partial charge on any atom is 0.239 e. The first kappa shape index (κ1) is 19.3. The molecule has 0 saturated carbocycles. The zero-order valence-corrected chi connectivity index (χ0v) is 16.9. The van der Waals surface area contributed by atoms with Gasteiger partial charge in [0.2, 0.25) is 10.0 Å². The van der Waals surface area contributed by atoms with Gasteiger partial charge in [0.15, 0.2) is 5.78 Å². The number of nitrogens with one attached hydrogen (secondary N) is 1. The second-order valence-electron chi connectivity index (χ2n) is 6.67. The number of nitrogens with two attached hydrogens (primary N) is 1. The highest BCUT2D eigenvalue weighted by molar-refractivity contribution is 7.89. The number of pyridine rings is 1. The van der Waals surface area contributed by atoms with E-state index in [9.17, 15) is 13.2 Å². The predicted molar refractivity (Wildman–Crippen MR) is 113 cm³/mol. The van der Waals surface area contributed by atoms with E-state index in [0.29, 0.717) is 5.56 Å². The number of hydrogen-bond acceptors (Lipinski definition) is 4. The van der Waals surface area contributed by atoms with Crippen molar-refractivity contribution >= 4 is 38.3 Å². The van der Waals surface area contributed by atoms with Crippen LogP contribution in [0.3, 0.4) is 0 Å². The smallest absolute Gasteiger partial charge is 0.239 e. The topological polar surface area (TPSA) is 106 Å². The average Bonchev–Trinajstić information content (AvgIpc) is 3.10. The number of aromatic amines is 1. The molecule has 0 spiro atoms. The molecule has 0 fully saturated rings. The van der Waals surface area contributed by atoms with Crippen LogP contribution in [0.15, 0.2) is 65.8 Å². The molecule has 0 aliphatic heterocycles. The Morgan fingerprint density at radius 3 is 2.52 bits per heavy atom. The van der Waals surface area contributed by atoms with E-state index in [4.69, 9.17) is 16.7 Å². The fourth-order valence-corrected chi connectivity index (χ4v) is 4.32. The number of H-pyrrole nitrogens is 1. The third-order valence-corrected chi connectivity index (χ3v) is 6.04. The van der Waals surface area contributed by atoms with Gasteiger partial charge in [-0.1, -0.05) is 23.7 Å². The molecule has 0 aliphatic carbocycles. The molecule has 3 N–H and O–H groups in total. The van der Waals surface area contributed by atoms with Crippen molar-refractivity contribution in [3.63, 3.8) is 0 Å². The third-order valence-electron chi connectivity index (χ3n) is 4.65. The molecule has 0 atom stereocenters. The quantitative estimate of drug-likeness (QED) is 0.480.